The molecule has 0 aromatic heterocycles. The number of esters is 1. The Labute approximate surface area is 101 Å². The zero-order chi connectivity index (χ0) is 12.5. The van der Waals surface area contributed by atoms with Gasteiger partial charge in [0.15, 0.2) is 0 Å². The third kappa shape index (κ3) is 1.80. The van der Waals surface area contributed by atoms with E-state index in [0.29, 0.717) is 11.5 Å². The lowest BCUT2D eigenvalue weighted by Crippen LogP contribution is -2.36. The largest absolute Gasteiger partial charge is 0.468 e. The average Bonchev–Trinajstić information content (AvgIpc) is 3.21. The lowest BCUT2D eigenvalue weighted by atomic mass is 9.76. The highest BCUT2D eigenvalue weighted by Gasteiger charge is 2.50. The number of hydrogen-bond acceptors (Lipinski definition) is 3. The maximum absolute atomic E-state index is 12.1. The molecule has 0 N–H and O–H groups in total. The lowest BCUT2D eigenvalue weighted by molar-refractivity contribution is -0.147. The van der Waals surface area contributed by atoms with Crippen LogP contribution in [0.2, 0.25) is 0 Å². The van der Waals surface area contributed by atoms with Gasteiger partial charge in [0.05, 0.1) is 24.2 Å². The van der Waals surface area contributed by atoms with Crippen LogP contribution in [0, 0.1) is 17.2 Å². The van der Waals surface area contributed by atoms with Gasteiger partial charge in [-0.3, -0.25) is 4.79 Å². The first-order chi connectivity index (χ1) is 8.14. The van der Waals surface area contributed by atoms with E-state index >= 15 is 0 Å². The molecule has 3 heteroatoms. The molecule has 1 fully saturated rings. The average molecular weight is 229 g/mol. The van der Waals surface area contributed by atoms with E-state index in [-0.39, 0.29) is 5.97 Å². The predicted octanol–water partition coefficient (Wildman–Crippen LogP) is 2.40. The normalized spacial score (nSPS) is 17.9. The van der Waals surface area contributed by atoms with E-state index in [4.69, 9.17) is 10.00 Å². The van der Waals surface area contributed by atoms with Gasteiger partial charge >= 0.3 is 5.97 Å². The van der Waals surface area contributed by atoms with Crippen molar-refractivity contribution in [2.24, 2.45) is 5.92 Å². The SMILES string of the molecule is COC(=O)C(C)(c1ccccc1C#N)C1CC1. The van der Waals surface area contributed by atoms with Crippen molar-refractivity contribution in [2.45, 2.75) is 25.2 Å². The summed E-state index contributed by atoms with van der Waals surface area (Å²) >= 11 is 0. The van der Waals surface area contributed by atoms with Gasteiger partial charge in [0.2, 0.25) is 0 Å². The molecule has 88 valence electrons. The van der Waals surface area contributed by atoms with Gasteiger partial charge in [0.25, 0.3) is 0 Å². The molecule has 0 radical (unpaired) electrons. The Bertz CT molecular complexity index is 485. The first-order valence-electron chi connectivity index (χ1n) is 5.72. The Morgan fingerprint density at radius 1 is 1.47 bits per heavy atom. The van der Waals surface area contributed by atoms with Crippen molar-refractivity contribution >= 4 is 5.97 Å². The molecule has 17 heavy (non-hydrogen) atoms. The summed E-state index contributed by atoms with van der Waals surface area (Å²) in [5.41, 5.74) is 0.672. The Balaban J connectivity index is 2.54. The molecule has 3 nitrogen and oxygen atoms in total. The van der Waals surface area contributed by atoms with Crippen molar-refractivity contribution in [2.75, 3.05) is 7.11 Å². The Hall–Kier alpha value is -1.82. The number of ether oxygens (including phenoxy) is 1. The number of benzene rings is 1. The van der Waals surface area contributed by atoms with Crippen molar-refractivity contribution in [3.05, 3.63) is 35.4 Å². The molecule has 0 amide bonds. The minimum absolute atomic E-state index is 0.248. The van der Waals surface area contributed by atoms with Crippen LogP contribution >= 0.6 is 0 Å². The molecule has 1 aliphatic carbocycles. The Morgan fingerprint density at radius 3 is 2.65 bits per heavy atom. The van der Waals surface area contributed by atoms with Crippen molar-refractivity contribution in [1.29, 1.82) is 5.26 Å². The monoisotopic (exact) mass is 229 g/mol. The summed E-state index contributed by atoms with van der Waals surface area (Å²) in [5.74, 6) is 0.0483. The first-order valence-corrected chi connectivity index (χ1v) is 5.72. The molecule has 1 aliphatic rings. The highest BCUT2D eigenvalue weighted by atomic mass is 16.5. The predicted molar refractivity (Wildman–Crippen MR) is 63.2 cm³/mol. The third-order valence-corrected chi connectivity index (χ3v) is 3.61. The van der Waals surface area contributed by atoms with Gasteiger partial charge in [-0.15, -0.1) is 0 Å². The molecular weight excluding hydrogens is 214 g/mol. The second kappa shape index (κ2) is 4.21. The van der Waals surface area contributed by atoms with Crippen LogP contribution in [0.25, 0.3) is 0 Å². The minimum Gasteiger partial charge on any atom is -0.468 e. The maximum atomic E-state index is 12.1. The van der Waals surface area contributed by atoms with Gasteiger partial charge in [0, 0.05) is 0 Å². The van der Waals surface area contributed by atoms with E-state index in [0.717, 1.165) is 18.4 Å². The van der Waals surface area contributed by atoms with Crippen molar-refractivity contribution in [3.8, 4) is 6.07 Å². The second-order valence-corrected chi connectivity index (χ2v) is 4.63. The summed E-state index contributed by atoms with van der Waals surface area (Å²) in [6.07, 6.45) is 2.04. The Kier molecular flexibility index (Phi) is 2.89. The first kappa shape index (κ1) is 11.7. The van der Waals surface area contributed by atoms with Gasteiger partial charge in [-0.05, 0) is 37.3 Å². The molecule has 0 heterocycles. The number of nitriles is 1. The summed E-state index contributed by atoms with van der Waals surface area (Å²) in [4.78, 5) is 12.1. The third-order valence-electron chi connectivity index (χ3n) is 3.61. The summed E-state index contributed by atoms with van der Waals surface area (Å²) in [5, 5.41) is 9.14. The minimum atomic E-state index is -0.679. The molecule has 1 aromatic rings. The maximum Gasteiger partial charge on any atom is 0.316 e. The molecule has 1 atom stereocenters. The van der Waals surface area contributed by atoms with E-state index in [1.165, 1.54) is 7.11 Å². The standard InChI is InChI=1S/C14H15NO2/c1-14(11-7-8-11,13(16)17-2)12-6-4-3-5-10(12)9-15/h3-6,11H,7-8H2,1-2H3. The van der Waals surface area contributed by atoms with Gasteiger partial charge in [-0.2, -0.15) is 5.26 Å². The number of carbonyl (C=O) groups is 1. The highest BCUT2D eigenvalue weighted by molar-refractivity contribution is 5.84. The van der Waals surface area contributed by atoms with E-state index in [2.05, 4.69) is 6.07 Å². The van der Waals surface area contributed by atoms with Gasteiger partial charge in [0.1, 0.15) is 0 Å². The van der Waals surface area contributed by atoms with Gasteiger partial charge < -0.3 is 4.74 Å². The topological polar surface area (TPSA) is 50.1 Å². The highest BCUT2D eigenvalue weighted by Crippen LogP contribution is 2.48. The fraction of sp³-hybridized carbons (Fsp3) is 0.429. The number of methoxy groups -OCH3 is 1. The molecule has 0 aliphatic heterocycles. The van der Waals surface area contributed by atoms with Crippen LogP contribution in [0.4, 0.5) is 0 Å². The lowest BCUT2D eigenvalue weighted by Gasteiger charge is -2.27. The molecule has 0 bridgehead atoms. The molecule has 1 aromatic carbocycles. The number of carbonyl (C=O) groups excluding carboxylic acids is 1. The summed E-state index contributed by atoms with van der Waals surface area (Å²) in [6, 6.07) is 9.43. The molecule has 0 saturated heterocycles. The fourth-order valence-electron chi connectivity index (χ4n) is 2.40. The molecule has 1 unspecified atom stereocenters. The van der Waals surface area contributed by atoms with E-state index in [1.807, 2.05) is 25.1 Å². The van der Waals surface area contributed by atoms with Crippen LogP contribution in [0.3, 0.4) is 0 Å². The van der Waals surface area contributed by atoms with Crippen molar-refractivity contribution in [3.63, 3.8) is 0 Å². The van der Waals surface area contributed by atoms with E-state index in [1.54, 1.807) is 6.07 Å². The van der Waals surface area contributed by atoms with E-state index in [9.17, 15) is 4.79 Å². The zero-order valence-corrected chi connectivity index (χ0v) is 10.1. The second-order valence-electron chi connectivity index (χ2n) is 4.63. The molecule has 2 rings (SSSR count). The fourth-order valence-corrected chi connectivity index (χ4v) is 2.40. The van der Waals surface area contributed by atoms with Crippen molar-refractivity contribution in [1.82, 2.24) is 0 Å². The van der Waals surface area contributed by atoms with Crippen LogP contribution in [-0.4, -0.2) is 13.1 Å². The summed E-state index contributed by atoms with van der Waals surface area (Å²) in [7, 11) is 1.40. The van der Waals surface area contributed by atoms with Crippen LogP contribution in [0.15, 0.2) is 24.3 Å². The number of hydrogen-bond donors (Lipinski definition) is 0. The van der Waals surface area contributed by atoms with E-state index < -0.39 is 5.41 Å². The quantitative estimate of drug-likeness (QED) is 0.748. The number of rotatable bonds is 3. The van der Waals surface area contributed by atoms with Crippen molar-refractivity contribution < 1.29 is 9.53 Å². The smallest absolute Gasteiger partial charge is 0.316 e. The molecular formula is C14H15NO2. The van der Waals surface area contributed by atoms with Crippen LogP contribution < -0.4 is 0 Å². The summed E-state index contributed by atoms with van der Waals surface area (Å²) in [6.45, 7) is 1.88. The summed E-state index contributed by atoms with van der Waals surface area (Å²) < 4.78 is 4.92. The van der Waals surface area contributed by atoms with Gasteiger partial charge in [-0.25, -0.2) is 0 Å². The van der Waals surface area contributed by atoms with Crippen LogP contribution in [0.5, 0.6) is 0 Å². The van der Waals surface area contributed by atoms with Crippen LogP contribution in [-0.2, 0) is 14.9 Å². The molecule has 0 spiro atoms. The molecule has 1 saturated carbocycles. The van der Waals surface area contributed by atoms with Gasteiger partial charge in [-0.1, -0.05) is 18.2 Å². The Morgan fingerprint density at radius 2 is 2.12 bits per heavy atom. The van der Waals surface area contributed by atoms with Crippen LogP contribution in [0.1, 0.15) is 30.9 Å². The number of nitrogens with zero attached hydrogens (tertiary/aromatic N) is 1. The zero-order valence-electron chi connectivity index (χ0n) is 10.1.